The molecule has 0 radical (unpaired) electrons. The third-order valence-corrected chi connectivity index (χ3v) is 7.62. The maximum absolute atomic E-state index is 13.3. The number of carbonyl (C=O) groups excluding carboxylic acids is 1. The lowest BCUT2D eigenvalue weighted by Gasteiger charge is -2.26. The van der Waals surface area contributed by atoms with E-state index in [0.29, 0.717) is 17.8 Å². The maximum Gasteiger partial charge on any atom is 0.332 e. The number of carbonyl (C=O) groups is 1. The summed E-state index contributed by atoms with van der Waals surface area (Å²) in [5, 5.41) is 0.643. The van der Waals surface area contributed by atoms with Gasteiger partial charge in [0.15, 0.2) is 0 Å². The van der Waals surface area contributed by atoms with Crippen LogP contribution in [-0.4, -0.2) is 46.2 Å². The number of thiophene rings is 1. The molecule has 0 spiro atoms. The Morgan fingerprint density at radius 1 is 1.13 bits per heavy atom. The van der Waals surface area contributed by atoms with Gasteiger partial charge in [0.2, 0.25) is 0 Å². The fourth-order valence-corrected chi connectivity index (χ4v) is 6.22. The van der Waals surface area contributed by atoms with Gasteiger partial charge in [-0.15, -0.1) is 11.3 Å². The van der Waals surface area contributed by atoms with Crippen molar-refractivity contribution >= 4 is 27.5 Å². The summed E-state index contributed by atoms with van der Waals surface area (Å²) in [5.41, 5.74) is 0.343. The minimum absolute atomic E-state index is 0.227. The first kappa shape index (κ1) is 21.3. The quantitative estimate of drug-likeness (QED) is 0.654. The molecule has 0 amide bonds. The van der Waals surface area contributed by atoms with Crippen LogP contribution >= 0.6 is 11.3 Å². The van der Waals surface area contributed by atoms with Gasteiger partial charge in [0.25, 0.3) is 5.56 Å². The number of nitrogens with zero attached hydrogens (tertiary/aromatic N) is 3. The number of fused-ring (bicyclic) bond motifs is 3. The molecule has 8 heteroatoms. The summed E-state index contributed by atoms with van der Waals surface area (Å²) in [5.74, 6) is 0.0391. The van der Waals surface area contributed by atoms with Crippen molar-refractivity contribution in [3.63, 3.8) is 0 Å². The van der Waals surface area contributed by atoms with E-state index >= 15 is 0 Å². The Kier molecular flexibility index (Phi) is 6.43. The summed E-state index contributed by atoms with van der Waals surface area (Å²) >= 11 is 1.60. The van der Waals surface area contributed by atoms with E-state index in [0.717, 1.165) is 53.9 Å². The lowest BCUT2D eigenvalue weighted by atomic mass is 9.89. The standard InChI is InChI=1S/C22H31N3O4S/c1-3-29-18(26)14-25-20(27)19-16-8-7-15(2)13-17(16)30-21(19)24(22(25)28)12-11-23-9-5-4-6-10-23/h15H,3-14H2,1-2H3. The normalized spacial score (nSPS) is 19.7. The lowest BCUT2D eigenvalue weighted by molar-refractivity contribution is -0.143. The summed E-state index contributed by atoms with van der Waals surface area (Å²) in [6.45, 7) is 7.28. The molecule has 1 aliphatic carbocycles. The Hall–Kier alpha value is -1.93. The Morgan fingerprint density at radius 3 is 2.63 bits per heavy atom. The first-order valence-corrected chi connectivity index (χ1v) is 12.0. The maximum atomic E-state index is 13.3. The van der Waals surface area contributed by atoms with Crippen molar-refractivity contribution in [3.8, 4) is 0 Å². The van der Waals surface area contributed by atoms with E-state index in [9.17, 15) is 14.4 Å². The molecule has 0 N–H and O–H groups in total. The highest BCUT2D eigenvalue weighted by molar-refractivity contribution is 7.18. The van der Waals surface area contributed by atoms with Crippen LogP contribution in [0.5, 0.6) is 0 Å². The van der Waals surface area contributed by atoms with Crippen LogP contribution in [0.2, 0.25) is 0 Å². The number of aromatic nitrogens is 2. The van der Waals surface area contributed by atoms with Crippen molar-refractivity contribution in [2.24, 2.45) is 5.92 Å². The molecule has 30 heavy (non-hydrogen) atoms. The van der Waals surface area contributed by atoms with Crippen LogP contribution in [0.3, 0.4) is 0 Å². The van der Waals surface area contributed by atoms with E-state index in [1.165, 1.54) is 24.1 Å². The van der Waals surface area contributed by atoms with E-state index in [2.05, 4.69) is 11.8 Å². The monoisotopic (exact) mass is 433 g/mol. The summed E-state index contributed by atoms with van der Waals surface area (Å²) in [6, 6.07) is 0. The van der Waals surface area contributed by atoms with Crippen LogP contribution in [0.15, 0.2) is 9.59 Å². The largest absolute Gasteiger partial charge is 0.465 e. The number of hydrogen-bond donors (Lipinski definition) is 0. The molecule has 1 fully saturated rings. The number of rotatable bonds is 6. The van der Waals surface area contributed by atoms with Crippen LogP contribution in [0.4, 0.5) is 0 Å². The van der Waals surface area contributed by atoms with Gasteiger partial charge in [-0.1, -0.05) is 13.3 Å². The Labute approximate surface area is 180 Å². The Morgan fingerprint density at radius 2 is 1.90 bits per heavy atom. The average molecular weight is 434 g/mol. The van der Waals surface area contributed by atoms with Gasteiger partial charge in [0.1, 0.15) is 11.4 Å². The number of likely N-dealkylation sites (tertiary alicyclic amines) is 1. The highest BCUT2D eigenvalue weighted by Gasteiger charge is 2.26. The van der Waals surface area contributed by atoms with E-state index in [1.54, 1.807) is 22.8 Å². The summed E-state index contributed by atoms with van der Waals surface area (Å²) < 4.78 is 7.84. The van der Waals surface area contributed by atoms with E-state index in [4.69, 9.17) is 4.74 Å². The van der Waals surface area contributed by atoms with Crippen molar-refractivity contribution in [1.29, 1.82) is 0 Å². The third-order valence-electron chi connectivity index (χ3n) is 6.34. The van der Waals surface area contributed by atoms with Crippen molar-refractivity contribution in [3.05, 3.63) is 31.3 Å². The average Bonchev–Trinajstić information content (AvgIpc) is 3.10. The van der Waals surface area contributed by atoms with Gasteiger partial charge >= 0.3 is 11.7 Å². The zero-order chi connectivity index (χ0) is 21.3. The summed E-state index contributed by atoms with van der Waals surface area (Å²) in [4.78, 5) is 43.1. The molecule has 0 saturated carbocycles. The molecule has 1 unspecified atom stereocenters. The predicted octanol–water partition coefficient (Wildman–Crippen LogP) is 2.40. The zero-order valence-electron chi connectivity index (χ0n) is 17.9. The van der Waals surface area contributed by atoms with Gasteiger partial charge < -0.3 is 9.64 Å². The van der Waals surface area contributed by atoms with E-state index in [-0.39, 0.29) is 18.7 Å². The first-order valence-electron chi connectivity index (χ1n) is 11.2. The molecule has 1 saturated heterocycles. The molecule has 7 nitrogen and oxygen atoms in total. The predicted molar refractivity (Wildman–Crippen MR) is 118 cm³/mol. The van der Waals surface area contributed by atoms with Crippen LogP contribution in [0.25, 0.3) is 10.2 Å². The molecule has 164 valence electrons. The number of hydrogen-bond acceptors (Lipinski definition) is 6. The fourth-order valence-electron chi connectivity index (χ4n) is 4.70. The highest BCUT2D eigenvalue weighted by atomic mass is 32.1. The number of piperidine rings is 1. The minimum Gasteiger partial charge on any atom is -0.465 e. The second kappa shape index (κ2) is 9.06. The zero-order valence-corrected chi connectivity index (χ0v) is 18.8. The highest BCUT2D eigenvalue weighted by Crippen LogP contribution is 2.36. The molecule has 3 heterocycles. The van der Waals surface area contributed by atoms with Crippen LogP contribution in [0, 0.1) is 5.92 Å². The molecule has 2 aliphatic rings. The van der Waals surface area contributed by atoms with Crippen molar-refractivity contribution in [1.82, 2.24) is 14.0 Å². The van der Waals surface area contributed by atoms with E-state index in [1.807, 2.05) is 0 Å². The van der Waals surface area contributed by atoms with Crippen LogP contribution in [0.1, 0.15) is 50.0 Å². The second-order valence-electron chi connectivity index (χ2n) is 8.56. The molecule has 2 aromatic rings. The molecule has 4 rings (SSSR count). The lowest BCUT2D eigenvalue weighted by Crippen LogP contribution is -2.43. The number of ether oxygens (including phenoxy) is 1. The van der Waals surface area contributed by atoms with Gasteiger partial charge in [-0.3, -0.25) is 14.2 Å². The number of esters is 1. The molecular formula is C22H31N3O4S. The molecule has 0 bridgehead atoms. The third kappa shape index (κ3) is 4.12. The second-order valence-corrected chi connectivity index (χ2v) is 9.65. The van der Waals surface area contributed by atoms with Gasteiger partial charge in [-0.25, -0.2) is 9.36 Å². The van der Waals surface area contributed by atoms with Gasteiger partial charge in [0, 0.05) is 18.0 Å². The minimum atomic E-state index is -0.545. The van der Waals surface area contributed by atoms with Gasteiger partial charge in [0.05, 0.1) is 12.0 Å². The molecule has 1 aliphatic heterocycles. The molecule has 2 aromatic heterocycles. The fraction of sp³-hybridized carbons (Fsp3) is 0.682. The Balaban J connectivity index is 1.79. The first-order chi connectivity index (χ1) is 14.5. The van der Waals surface area contributed by atoms with E-state index < -0.39 is 11.7 Å². The SMILES string of the molecule is CCOC(=O)Cn1c(=O)c2c3c(sc2n(CCN2CCCCC2)c1=O)CC(C)CC3. The van der Waals surface area contributed by atoms with Crippen LogP contribution < -0.4 is 11.2 Å². The molecule has 0 aromatic carbocycles. The summed E-state index contributed by atoms with van der Waals surface area (Å²) in [7, 11) is 0. The van der Waals surface area contributed by atoms with Crippen molar-refractivity contribution in [2.75, 3.05) is 26.2 Å². The molecular weight excluding hydrogens is 402 g/mol. The Bertz CT molecular complexity index is 1050. The number of aryl methyl sites for hydroxylation is 1. The molecule has 1 atom stereocenters. The smallest absolute Gasteiger partial charge is 0.332 e. The van der Waals surface area contributed by atoms with Gasteiger partial charge in [-0.2, -0.15) is 0 Å². The van der Waals surface area contributed by atoms with Crippen LogP contribution in [-0.2, 0) is 35.5 Å². The topological polar surface area (TPSA) is 73.5 Å². The summed E-state index contributed by atoms with van der Waals surface area (Å²) in [6.07, 6.45) is 6.50. The van der Waals surface area contributed by atoms with Crippen molar-refractivity contribution < 1.29 is 9.53 Å². The van der Waals surface area contributed by atoms with Crippen molar-refractivity contribution in [2.45, 2.75) is 65.5 Å². The van der Waals surface area contributed by atoms with Gasteiger partial charge in [-0.05, 0) is 63.6 Å².